The summed E-state index contributed by atoms with van der Waals surface area (Å²) in [6, 6.07) is 18.1. The third-order valence-corrected chi connectivity index (χ3v) is 7.53. The van der Waals surface area contributed by atoms with Crippen LogP contribution < -0.4 is 4.90 Å². The number of ketones is 1. The normalized spacial score (nSPS) is 15.0. The number of halogens is 1. The summed E-state index contributed by atoms with van der Waals surface area (Å²) in [5, 5.41) is 9.15. The van der Waals surface area contributed by atoms with E-state index in [1.165, 1.54) is 24.3 Å². The summed E-state index contributed by atoms with van der Waals surface area (Å²) in [4.78, 5) is 56.1. The lowest BCUT2D eigenvalue weighted by atomic mass is 10.1. The van der Waals surface area contributed by atoms with E-state index in [0.717, 1.165) is 26.8 Å². The summed E-state index contributed by atoms with van der Waals surface area (Å²) >= 11 is 4.40. The number of thioether (sulfide) groups is 1. The number of nitriles is 1. The molecule has 1 aliphatic heterocycles. The molecule has 0 aliphatic carbocycles. The molecule has 0 N–H and O–H groups in total. The van der Waals surface area contributed by atoms with Gasteiger partial charge >= 0.3 is 5.97 Å². The number of ether oxygens (including phenoxy) is 1. The zero-order valence-corrected chi connectivity index (χ0v) is 22.9. The van der Waals surface area contributed by atoms with Crippen LogP contribution in [-0.2, 0) is 14.3 Å². The third kappa shape index (κ3) is 6.01. The Morgan fingerprint density at radius 1 is 1.08 bits per heavy atom. The molecule has 38 heavy (non-hydrogen) atoms. The lowest BCUT2D eigenvalue weighted by molar-refractivity contribution is -0.121. The van der Waals surface area contributed by atoms with E-state index in [2.05, 4.69) is 27.0 Å². The second kappa shape index (κ2) is 11.7. The molecule has 2 heterocycles. The number of imide groups is 1. The predicted octanol–water partition coefficient (Wildman–Crippen LogP) is 5.30. The van der Waals surface area contributed by atoms with E-state index < -0.39 is 23.7 Å². The molecule has 2 amide bonds. The maximum Gasteiger partial charge on any atom is 0.338 e. The number of carbonyl (C=O) groups is 4. The fourth-order valence-corrected chi connectivity index (χ4v) is 5.10. The van der Waals surface area contributed by atoms with Gasteiger partial charge in [0.05, 0.1) is 22.1 Å². The monoisotopic (exact) mass is 591 g/mol. The number of Topliss-reactive ketones (excluding diaryl/α,β-unsaturated/α-hetero) is 1. The van der Waals surface area contributed by atoms with Crippen LogP contribution in [0.25, 0.3) is 0 Å². The summed E-state index contributed by atoms with van der Waals surface area (Å²) in [5.74, 6) is -1.71. The Morgan fingerprint density at radius 3 is 2.37 bits per heavy atom. The van der Waals surface area contributed by atoms with Gasteiger partial charge in [-0.1, -0.05) is 53.7 Å². The fourth-order valence-electron chi connectivity index (χ4n) is 3.73. The van der Waals surface area contributed by atoms with Gasteiger partial charge in [0.1, 0.15) is 11.1 Å². The lowest BCUT2D eigenvalue weighted by Gasteiger charge is -2.16. The van der Waals surface area contributed by atoms with Gasteiger partial charge < -0.3 is 4.74 Å². The van der Waals surface area contributed by atoms with E-state index in [1.807, 2.05) is 13.8 Å². The summed E-state index contributed by atoms with van der Waals surface area (Å²) in [7, 11) is 0. The Bertz CT molecular complexity index is 1450. The van der Waals surface area contributed by atoms with Crippen molar-refractivity contribution in [3.8, 4) is 6.07 Å². The van der Waals surface area contributed by atoms with Gasteiger partial charge in [0.25, 0.3) is 0 Å². The smallest absolute Gasteiger partial charge is 0.338 e. The number of amides is 2. The van der Waals surface area contributed by atoms with Crippen molar-refractivity contribution in [2.75, 3.05) is 11.5 Å². The van der Waals surface area contributed by atoms with E-state index in [0.29, 0.717) is 21.8 Å². The summed E-state index contributed by atoms with van der Waals surface area (Å²) < 4.78 is 5.96. The number of aromatic nitrogens is 1. The number of esters is 1. The zero-order chi connectivity index (χ0) is 27.4. The molecule has 10 heteroatoms. The van der Waals surface area contributed by atoms with E-state index in [9.17, 15) is 24.4 Å². The van der Waals surface area contributed by atoms with Crippen LogP contribution in [0.1, 0.15) is 58.2 Å². The number of pyridine rings is 1. The van der Waals surface area contributed by atoms with E-state index in [1.54, 1.807) is 36.4 Å². The summed E-state index contributed by atoms with van der Waals surface area (Å²) in [5.41, 5.74) is 2.05. The molecule has 0 saturated carbocycles. The van der Waals surface area contributed by atoms with Crippen LogP contribution in [0.15, 0.2) is 70.2 Å². The molecule has 192 valence electrons. The minimum Gasteiger partial charge on any atom is -0.454 e. The Labute approximate surface area is 232 Å². The van der Waals surface area contributed by atoms with Crippen LogP contribution in [-0.4, -0.2) is 40.4 Å². The average molecular weight is 592 g/mol. The first-order valence-electron chi connectivity index (χ1n) is 11.7. The lowest BCUT2D eigenvalue weighted by Crippen LogP contribution is -2.31. The molecule has 4 rings (SSSR count). The van der Waals surface area contributed by atoms with Crippen LogP contribution >= 0.6 is 27.7 Å². The maximum atomic E-state index is 13.1. The molecule has 0 spiro atoms. The SMILES string of the molecule is CC(C)c1ccc(C#N)c(SC2CC(=O)N(c3ccc(C(=O)OCC(=O)c4ccc(Br)cc4)cc3)C2=O)n1. The first kappa shape index (κ1) is 27.2. The van der Waals surface area contributed by atoms with Gasteiger partial charge in [0.15, 0.2) is 12.4 Å². The second-order valence-electron chi connectivity index (χ2n) is 8.79. The van der Waals surface area contributed by atoms with Gasteiger partial charge in [-0.05, 0) is 54.4 Å². The third-order valence-electron chi connectivity index (χ3n) is 5.81. The van der Waals surface area contributed by atoms with Crippen LogP contribution in [0, 0.1) is 11.3 Å². The van der Waals surface area contributed by atoms with Crippen molar-refractivity contribution in [2.45, 2.75) is 36.5 Å². The number of rotatable bonds is 8. The number of anilines is 1. The van der Waals surface area contributed by atoms with E-state index in [4.69, 9.17) is 4.74 Å². The highest BCUT2D eigenvalue weighted by Gasteiger charge is 2.40. The molecule has 0 radical (unpaired) electrons. The van der Waals surface area contributed by atoms with E-state index >= 15 is 0 Å². The van der Waals surface area contributed by atoms with Gasteiger partial charge in [0, 0.05) is 22.2 Å². The zero-order valence-electron chi connectivity index (χ0n) is 20.5. The standard InChI is InChI=1S/C28H22BrN3O5S/c1-16(2)22-12-7-19(14-30)26(31-22)38-24-13-25(34)32(27(24)35)21-10-5-18(6-11-21)28(36)37-15-23(33)17-3-8-20(29)9-4-17/h3-12,16,24H,13,15H2,1-2H3. The number of carbonyl (C=O) groups excluding carboxylic acids is 4. The maximum absolute atomic E-state index is 13.1. The molecule has 1 unspecified atom stereocenters. The van der Waals surface area contributed by atoms with Gasteiger partial charge in [-0.15, -0.1) is 0 Å². The molecule has 8 nitrogen and oxygen atoms in total. The first-order chi connectivity index (χ1) is 18.2. The molecule has 2 aromatic carbocycles. The highest BCUT2D eigenvalue weighted by molar-refractivity contribution is 9.10. The Hall–Kier alpha value is -3.81. The molecule has 1 aliphatic rings. The van der Waals surface area contributed by atoms with Gasteiger partial charge in [-0.2, -0.15) is 5.26 Å². The molecular formula is C28H22BrN3O5S. The largest absolute Gasteiger partial charge is 0.454 e. The molecule has 1 atom stereocenters. The number of hydrogen-bond acceptors (Lipinski definition) is 8. The van der Waals surface area contributed by atoms with Crippen molar-refractivity contribution in [3.05, 3.63) is 87.5 Å². The topological polar surface area (TPSA) is 117 Å². The van der Waals surface area contributed by atoms with Crippen molar-refractivity contribution in [1.82, 2.24) is 4.98 Å². The van der Waals surface area contributed by atoms with Crippen LogP contribution in [0.4, 0.5) is 5.69 Å². The second-order valence-corrected chi connectivity index (χ2v) is 10.9. The highest BCUT2D eigenvalue weighted by Crippen LogP contribution is 2.35. The number of nitrogens with zero attached hydrogens (tertiary/aromatic N) is 3. The van der Waals surface area contributed by atoms with Crippen LogP contribution in [0.2, 0.25) is 0 Å². The average Bonchev–Trinajstić information content (AvgIpc) is 3.19. The van der Waals surface area contributed by atoms with Gasteiger partial charge in [0.2, 0.25) is 11.8 Å². The predicted molar refractivity (Wildman–Crippen MR) is 145 cm³/mol. The van der Waals surface area contributed by atoms with Crippen molar-refractivity contribution in [2.24, 2.45) is 0 Å². The Balaban J connectivity index is 1.42. The molecular weight excluding hydrogens is 570 g/mol. The minimum atomic E-state index is -0.723. The summed E-state index contributed by atoms with van der Waals surface area (Å²) in [6.45, 7) is 3.55. The molecule has 3 aromatic rings. The van der Waals surface area contributed by atoms with Crippen molar-refractivity contribution >= 4 is 56.9 Å². The molecule has 1 fully saturated rings. The van der Waals surface area contributed by atoms with Crippen LogP contribution in [0.5, 0.6) is 0 Å². The minimum absolute atomic E-state index is 0.0378. The van der Waals surface area contributed by atoms with Crippen molar-refractivity contribution in [1.29, 1.82) is 5.26 Å². The van der Waals surface area contributed by atoms with Crippen molar-refractivity contribution < 1.29 is 23.9 Å². The molecule has 1 aromatic heterocycles. The van der Waals surface area contributed by atoms with Gasteiger partial charge in [-0.3, -0.25) is 14.4 Å². The van der Waals surface area contributed by atoms with Crippen molar-refractivity contribution in [3.63, 3.8) is 0 Å². The Morgan fingerprint density at radius 2 is 1.74 bits per heavy atom. The molecule has 1 saturated heterocycles. The van der Waals surface area contributed by atoms with E-state index in [-0.39, 0.29) is 29.6 Å². The quantitative estimate of drug-likeness (QED) is 0.197. The van der Waals surface area contributed by atoms with Gasteiger partial charge in [-0.25, -0.2) is 14.7 Å². The van der Waals surface area contributed by atoms with Crippen LogP contribution in [0.3, 0.4) is 0 Å². The Kier molecular flexibility index (Phi) is 8.39. The summed E-state index contributed by atoms with van der Waals surface area (Å²) in [6.07, 6.45) is -0.0378. The number of hydrogen-bond donors (Lipinski definition) is 0. The number of benzene rings is 2. The first-order valence-corrected chi connectivity index (χ1v) is 13.4. The fraction of sp³-hybridized carbons (Fsp3) is 0.214. The highest BCUT2D eigenvalue weighted by atomic mass is 79.9. The molecule has 0 bridgehead atoms.